The number of Topliss-reactive ketones (excluding diaryl/α,β-unsaturated/α-hetero) is 1. The lowest BCUT2D eigenvalue weighted by Gasteiger charge is -2.28. The van der Waals surface area contributed by atoms with Gasteiger partial charge in [-0.3, -0.25) is 9.78 Å². The van der Waals surface area contributed by atoms with Gasteiger partial charge in [0, 0.05) is 61.8 Å². The topological polar surface area (TPSA) is 49.0 Å². The largest absolute Gasteiger partial charge is 0.378 e. The lowest BCUT2D eigenvalue weighted by atomic mass is 9.75. The zero-order valence-electron chi connectivity index (χ0n) is 17.0. The van der Waals surface area contributed by atoms with Crippen LogP contribution in [-0.4, -0.2) is 29.8 Å². The molecule has 0 amide bonds. The molecule has 0 saturated carbocycles. The van der Waals surface area contributed by atoms with Crippen molar-refractivity contribution in [3.63, 3.8) is 0 Å². The Hall–Kier alpha value is -2.88. The van der Waals surface area contributed by atoms with Crippen molar-refractivity contribution in [3.8, 4) is 11.3 Å². The quantitative estimate of drug-likeness (QED) is 0.708. The number of benzene rings is 1. The first kappa shape index (κ1) is 18.5. The second-order valence-corrected chi connectivity index (χ2v) is 8.75. The van der Waals surface area contributed by atoms with Crippen molar-refractivity contribution >= 4 is 11.5 Å². The van der Waals surface area contributed by atoms with Gasteiger partial charge in [0.05, 0.1) is 5.69 Å². The number of carbonyl (C=O) groups excluding carboxylic acids is 1. The first-order valence-electron chi connectivity index (χ1n) is 9.78. The average molecular weight is 374 g/mol. The third kappa shape index (κ3) is 3.47. The Morgan fingerprint density at radius 1 is 1.04 bits per heavy atom. The highest BCUT2D eigenvalue weighted by Crippen LogP contribution is 2.40. The number of H-pyrrole nitrogens is 1. The molecule has 144 valence electrons. The van der Waals surface area contributed by atoms with Crippen LogP contribution < -0.4 is 4.90 Å². The highest BCUT2D eigenvalue weighted by atomic mass is 16.1. The van der Waals surface area contributed by atoms with Crippen LogP contribution in [0, 0.1) is 5.41 Å². The van der Waals surface area contributed by atoms with Gasteiger partial charge >= 0.3 is 0 Å². The van der Waals surface area contributed by atoms with Crippen LogP contribution in [0.15, 0.2) is 48.8 Å². The number of carbonyl (C=O) groups is 1. The molecule has 3 aromatic rings. The minimum atomic E-state index is -0.00488. The highest BCUT2D eigenvalue weighted by Gasteiger charge is 2.35. The highest BCUT2D eigenvalue weighted by molar-refractivity contribution is 6.02. The molecule has 2 heterocycles. The SMILES string of the molecule is CN(C)c1ccc(Cc2c(-c3ccncc3)[nH]c3c2C(=O)CC(C)(C)C3)cc1. The fourth-order valence-electron chi connectivity index (χ4n) is 4.19. The van der Waals surface area contributed by atoms with Crippen molar-refractivity contribution in [3.05, 3.63) is 71.2 Å². The van der Waals surface area contributed by atoms with E-state index in [1.54, 1.807) is 12.4 Å². The molecule has 1 N–H and O–H groups in total. The summed E-state index contributed by atoms with van der Waals surface area (Å²) in [5, 5.41) is 0. The van der Waals surface area contributed by atoms with E-state index in [0.717, 1.165) is 40.9 Å². The van der Waals surface area contributed by atoms with Gasteiger partial charge in [-0.1, -0.05) is 26.0 Å². The Morgan fingerprint density at radius 3 is 2.36 bits per heavy atom. The molecule has 28 heavy (non-hydrogen) atoms. The van der Waals surface area contributed by atoms with E-state index in [9.17, 15) is 4.79 Å². The summed E-state index contributed by atoms with van der Waals surface area (Å²) in [4.78, 5) is 22.9. The van der Waals surface area contributed by atoms with Gasteiger partial charge in [0.2, 0.25) is 0 Å². The third-order valence-corrected chi connectivity index (χ3v) is 5.56. The lowest BCUT2D eigenvalue weighted by Crippen LogP contribution is -2.27. The zero-order chi connectivity index (χ0) is 19.9. The molecule has 0 atom stereocenters. The Labute approximate surface area is 166 Å². The van der Waals surface area contributed by atoms with E-state index in [1.165, 1.54) is 11.3 Å². The number of pyridine rings is 1. The van der Waals surface area contributed by atoms with Crippen molar-refractivity contribution in [2.45, 2.75) is 33.1 Å². The fraction of sp³-hybridized carbons (Fsp3) is 0.333. The molecule has 4 rings (SSSR count). The number of rotatable bonds is 4. The second kappa shape index (κ2) is 6.93. The number of fused-ring (bicyclic) bond motifs is 1. The van der Waals surface area contributed by atoms with Crippen LogP contribution in [0.5, 0.6) is 0 Å². The molecule has 0 fully saturated rings. The Balaban J connectivity index is 1.80. The predicted molar refractivity (Wildman–Crippen MR) is 114 cm³/mol. The number of nitrogens with zero attached hydrogens (tertiary/aromatic N) is 2. The van der Waals surface area contributed by atoms with Crippen LogP contribution in [0.1, 0.15) is 47.4 Å². The molecule has 4 nitrogen and oxygen atoms in total. The van der Waals surface area contributed by atoms with Crippen LogP contribution in [0.25, 0.3) is 11.3 Å². The summed E-state index contributed by atoms with van der Waals surface area (Å²) in [5.74, 6) is 0.253. The number of hydrogen-bond acceptors (Lipinski definition) is 3. The van der Waals surface area contributed by atoms with Crippen LogP contribution in [-0.2, 0) is 12.8 Å². The fourth-order valence-corrected chi connectivity index (χ4v) is 4.19. The maximum atomic E-state index is 13.1. The molecule has 0 spiro atoms. The molecular formula is C24H27N3O. The molecule has 1 aliphatic rings. The molecule has 2 aromatic heterocycles. The second-order valence-electron chi connectivity index (χ2n) is 8.75. The van der Waals surface area contributed by atoms with Gasteiger partial charge in [-0.15, -0.1) is 0 Å². The van der Waals surface area contributed by atoms with Crippen molar-refractivity contribution in [1.29, 1.82) is 0 Å². The van der Waals surface area contributed by atoms with E-state index in [-0.39, 0.29) is 11.2 Å². The van der Waals surface area contributed by atoms with E-state index >= 15 is 0 Å². The summed E-state index contributed by atoms with van der Waals surface area (Å²) < 4.78 is 0. The molecule has 0 unspecified atom stereocenters. The smallest absolute Gasteiger partial charge is 0.165 e. The minimum Gasteiger partial charge on any atom is -0.378 e. The molecule has 0 saturated heterocycles. The standard InChI is InChI=1S/C24H27N3O/c1-24(2)14-20-22(21(28)15-24)19(23(26-20)17-9-11-25-12-10-17)13-16-5-7-18(8-6-16)27(3)4/h5-12,26H,13-15H2,1-4H3. The van der Waals surface area contributed by atoms with Crippen LogP contribution >= 0.6 is 0 Å². The van der Waals surface area contributed by atoms with Gasteiger partial charge < -0.3 is 9.88 Å². The van der Waals surface area contributed by atoms with Gasteiger partial charge in [-0.05, 0) is 47.2 Å². The number of ketones is 1. The Kier molecular flexibility index (Phi) is 4.58. The van der Waals surface area contributed by atoms with E-state index in [1.807, 2.05) is 26.2 Å². The van der Waals surface area contributed by atoms with Crippen molar-refractivity contribution < 1.29 is 4.79 Å². The summed E-state index contributed by atoms with van der Waals surface area (Å²) >= 11 is 0. The van der Waals surface area contributed by atoms with Crippen LogP contribution in [0.4, 0.5) is 5.69 Å². The molecule has 0 bridgehead atoms. The van der Waals surface area contributed by atoms with Crippen molar-refractivity contribution in [2.75, 3.05) is 19.0 Å². The van der Waals surface area contributed by atoms with Gasteiger partial charge in [0.1, 0.15) is 0 Å². The lowest BCUT2D eigenvalue weighted by molar-refractivity contribution is 0.0911. The van der Waals surface area contributed by atoms with Crippen LogP contribution in [0.2, 0.25) is 0 Å². The summed E-state index contributed by atoms with van der Waals surface area (Å²) in [6.45, 7) is 4.33. The summed E-state index contributed by atoms with van der Waals surface area (Å²) in [5.41, 5.74) is 7.60. The van der Waals surface area contributed by atoms with Gasteiger partial charge in [0.15, 0.2) is 5.78 Å². The minimum absolute atomic E-state index is 0.00488. The maximum Gasteiger partial charge on any atom is 0.165 e. The van der Waals surface area contributed by atoms with E-state index in [4.69, 9.17) is 0 Å². The first-order valence-corrected chi connectivity index (χ1v) is 9.78. The van der Waals surface area contributed by atoms with Gasteiger partial charge in [-0.2, -0.15) is 0 Å². The third-order valence-electron chi connectivity index (χ3n) is 5.56. The van der Waals surface area contributed by atoms with Crippen molar-refractivity contribution in [1.82, 2.24) is 9.97 Å². The summed E-state index contributed by atoms with van der Waals surface area (Å²) in [6, 6.07) is 12.6. The molecule has 0 aliphatic heterocycles. The first-order chi connectivity index (χ1) is 13.3. The Morgan fingerprint density at radius 2 is 1.71 bits per heavy atom. The monoisotopic (exact) mass is 373 g/mol. The number of aromatic amines is 1. The molecule has 1 aliphatic carbocycles. The molecule has 1 aromatic carbocycles. The van der Waals surface area contributed by atoms with E-state index in [0.29, 0.717) is 6.42 Å². The molecule has 4 heteroatoms. The summed E-state index contributed by atoms with van der Waals surface area (Å²) in [7, 11) is 4.08. The van der Waals surface area contributed by atoms with E-state index < -0.39 is 0 Å². The van der Waals surface area contributed by atoms with E-state index in [2.05, 4.69) is 53.0 Å². The molecular weight excluding hydrogens is 346 g/mol. The average Bonchev–Trinajstić information content (AvgIpc) is 3.00. The Bertz CT molecular complexity index is 998. The normalized spacial score (nSPS) is 15.4. The maximum absolute atomic E-state index is 13.1. The van der Waals surface area contributed by atoms with Gasteiger partial charge in [-0.25, -0.2) is 0 Å². The van der Waals surface area contributed by atoms with Crippen LogP contribution in [0.3, 0.4) is 0 Å². The number of anilines is 1. The van der Waals surface area contributed by atoms with Crippen molar-refractivity contribution in [2.24, 2.45) is 5.41 Å². The number of aromatic nitrogens is 2. The zero-order valence-corrected chi connectivity index (χ0v) is 17.0. The van der Waals surface area contributed by atoms with Gasteiger partial charge in [0.25, 0.3) is 0 Å². The summed E-state index contributed by atoms with van der Waals surface area (Å²) in [6.07, 6.45) is 5.84. The number of hydrogen-bond donors (Lipinski definition) is 1. The molecule has 0 radical (unpaired) electrons. The number of nitrogens with one attached hydrogen (secondary N) is 1. The predicted octanol–water partition coefficient (Wildman–Crippen LogP) is 4.89.